The lowest BCUT2D eigenvalue weighted by Gasteiger charge is -2.36. The Kier molecular flexibility index (Phi) is 5.68. The molecule has 7 nitrogen and oxygen atoms in total. The van der Waals surface area contributed by atoms with Crippen molar-refractivity contribution in [3.05, 3.63) is 53.1 Å². The molecule has 0 N–H and O–H groups in total. The van der Waals surface area contributed by atoms with Crippen LogP contribution in [0, 0.1) is 12.3 Å². The third-order valence-electron chi connectivity index (χ3n) is 6.16. The van der Waals surface area contributed by atoms with Gasteiger partial charge in [-0.25, -0.2) is 9.38 Å². The molecule has 0 saturated carbocycles. The van der Waals surface area contributed by atoms with Crippen LogP contribution in [-0.2, 0) is 4.79 Å². The van der Waals surface area contributed by atoms with Crippen LogP contribution in [0.4, 0.5) is 5.95 Å². The maximum absolute atomic E-state index is 12.8. The fourth-order valence-electron chi connectivity index (χ4n) is 4.50. The number of piperazine rings is 1. The van der Waals surface area contributed by atoms with Gasteiger partial charge in [0.15, 0.2) is 11.5 Å². The summed E-state index contributed by atoms with van der Waals surface area (Å²) in [6.07, 6.45) is 0.549. The molecule has 4 aromatic rings. The van der Waals surface area contributed by atoms with Gasteiger partial charge in [0.2, 0.25) is 11.9 Å². The fraction of sp³-hybridized carbons (Fsp3) is 0.385. The van der Waals surface area contributed by atoms with E-state index in [-0.39, 0.29) is 11.3 Å². The second-order valence-electron chi connectivity index (χ2n) is 10.2. The fourth-order valence-corrected chi connectivity index (χ4v) is 4.66. The van der Waals surface area contributed by atoms with Crippen molar-refractivity contribution in [2.24, 2.45) is 5.41 Å². The Morgan fingerprint density at radius 2 is 1.79 bits per heavy atom. The molecule has 0 bridgehead atoms. The van der Waals surface area contributed by atoms with Crippen molar-refractivity contribution < 1.29 is 4.79 Å². The first kappa shape index (κ1) is 22.6. The zero-order valence-electron chi connectivity index (χ0n) is 20.0. The molecule has 1 aliphatic rings. The third-order valence-corrected chi connectivity index (χ3v) is 6.39. The first-order valence-corrected chi connectivity index (χ1v) is 12.0. The van der Waals surface area contributed by atoms with E-state index in [2.05, 4.69) is 54.9 Å². The molecule has 0 aliphatic carbocycles. The highest BCUT2D eigenvalue weighted by atomic mass is 35.5. The quantitative estimate of drug-likeness (QED) is 0.416. The standard InChI is InChI=1S/C26H29ClN6O/c1-17-6-5-7-18(14-17)23-29-30-24-20-9-8-19(27)15-21(20)28-25(33(23)24)32-12-10-31(11-13-32)22(34)16-26(2,3)4/h5-9,14-15H,10-13,16H2,1-4H3. The predicted molar refractivity (Wildman–Crippen MR) is 136 cm³/mol. The average Bonchev–Trinajstić information content (AvgIpc) is 3.23. The lowest BCUT2D eigenvalue weighted by atomic mass is 9.91. The average molecular weight is 477 g/mol. The van der Waals surface area contributed by atoms with Crippen LogP contribution in [0.3, 0.4) is 0 Å². The lowest BCUT2D eigenvalue weighted by molar-refractivity contribution is -0.133. The van der Waals surface area contributed by atoms with Crippen LogP contribution in [0.5, 0.6) is 0 Å². The normalized spacial score (nSPS) is 14.9. The molecule has 1 saturated heterocycles. The van der Waals surface area contributed by atoms with E-state index in [4.69, 9.17) is 16.6 Å². The Morgan fingerprint density at radius 1 is 1.03 bits per heavy atom. The second kappa shape index (κ2) is 8.55. The summed E-state index contributed by atoms with van der Waals surface area (Å²) in [6, 6.07) is 13.9. The Hall–Kier alpha value is -3.19. The van der Waals surface area contributed by atoms with Gasteiger partial charge in [-0.05, 0) is 36.6 Å². The van der Waals surface area contributed by atoms with Gasteiger partial charge in [-0.3, -0.25) is 4.79 Å². The summed E-state index contributed by atoms with van der Waals surface area (Å²) in [6.45, 7) is 11.1. The van der Waals surface area contributed by atoms with Gasteiger partial charge in [0, 0.05) is 48.6 Å². The lowest BCUT2D eigenvalue weighted by Crippen LogP contribution is -2.50. The Morgan fingerprint density at radius 3 is 2.50 bits per heavy atom. The van der Waals surface area contributed by atoms with Crippen LogP contribution in [0.15, 0.2) is 42.5 Å². The van der Waals surface area contributed by atoms with E-state index in [1.807, 2.05) is 39.6 Å². The monoisotopic (exact) mass is 476 g/mol. The summed E-state index contributed by atoms with van der Waals surface area (Å²) in [7, 11) is 0. The van der Waals surface area contributed by atoms with Crippen molar-refractivity contribution >= 4 is 40.0 Å². The second-order valence-corrected chi connectivity index (χ2v) is 10.7. The molecule has 1 fully saturated rings. The summed E-state index contributed by atoms with van der Waals surface area (Å²) in [4.78, 5) is 22.0. The summed E-state index contributed by atoms with van der Waals surface area (Å²) in [5, 5.41) is 10.7. The van der Waals surface area contributed by atoms with Crippen molar-refractivity contribution in [1.82, 2.24) is 24.5 Å². The minimum Gasteiger partial charge on any atom is -0.339 e. The zero-order chi connectivity index (χ0) is 24.0. The van der Waals surface area contributed by atoms with E-state index in [9.17, 15) is 4.79 Å². The summed E-state index contributed by atoms with van der Waals surface area (Å²) < 4.78 is 2.04. The number of aryl methyl sites for hydroxylation is 1. The number of hydrogen-bond donors (Lipinski definition) is 0. The van der Waals surface area contributed by atoms with Crippen molar-refractivity contribution in [1.29, 1.82) is 0 Å². The van der Waals surface area contributed by atoms with Crippen molar-refractivity contribution in [2.75, 3.05) is 31.1 Å². The summed E-state index contributed by atoms with van der Waals surface area (Å²) in [5.41, 5.74) is 3.65. The highest BCUT2D eigenvalue weighted by molar-refractivity contribution is 6.31. The van der Waals surface area contributed by atoms with Crippen molar-refractivity contribution in [2.45, 2.75) is 34.1 Å². The first-order chi connectivity index (χ1) is 16.2. The molecule has 5 rings (SSSR count). The number of rotatable bonds is 3. The van der Waals surface area contributed by atoms with Crippen LogP contribution in [-0.4, -0.2) is 56.6 Å². The molecule has 0 atom stereocenters. The van der Waals surface area contributed by atoms with Crippen LogP contribution < -0.4 is 4.90 Å². The molecule has 0 spiro atoms. The van der Waals surface area contributed by atoms with Gasteiger partial charge in [-0.15, -0.1) is 10.2 Å². The highest BCUT2D eigenvalue weighted by Crippen LogP contribution is 2.30. The molecule has 176 valence electrons. The minimum atomic E-state index is -0.0231. The number of hydrogen-bond acceptors (Lipinski definition) is 5. The van der Waals surface area contributed by atoms with Crippen molar-refractivity contribution in [3.8, 4) is 11.4 Å². The molecule has 3 heterocycles. The number of anilines is 1. The van der Waals surface area contributed by atoms with E-state index in [0.717, 1.165) is 39.4 Å². The topological polar surface area (TPSA) is 66.6 Å². The van der Waals surface area contributed by atoms with E-state index < -0.39 is 0 Å². The zero-order valence-corrected chi connectivity index (χ0v) is 20.8. The third kappa shape index (κ3) is 4.32. The van der Waals surface area contributed by atoms with Gasteiger partial charge in [0.25, 0.3) is 0 Å². The molecule has 2 aromatic carbocycles. The van der Waals surface area contributed by atoms with E-state index >= 15 is 0 Å². The molecular weight excluding hydrogens is 448 g/mol. The molecule has 0 radical (unpaired) electrons. The van der Waals surface area contributed by atoms with E-state index in [1.165, 1.54) is 0 Å². The van der Waals surface area contributed by atoms with Crippen molar-refractivity contribution in [3.63, 3.8) is 0 Å². The first-order valence-electron chi connectivity index (χ1n) is 11.6. The van der Waals surface area contributed by atoms with Crippen LogP contribution in [0.1, 0.15) is 32.8 Å². The van der Waals surface area contributed by atoms with Gasteiger partial charge >= 0.3 is 0 Å². The van der Waals surface area contributed by atoms with E-state index in [0.29, 0.717) is 37.6 Å². The number of aromatic nitrogens is 4. The molecular formula is C26H29ClN6O. The molecule has 34 heavy (non-hydrogen) atoms. The van der Waals surface area contributed by atoms with Crippen LogP contribution >= 0.6 is 11.6 Å². The Balaban J connectivity index is 1.57. The van der Waals surface area contributed by atoms with Gasteiger partial charge in [-0.1, -0.05) is 56.1 Å². The maximum Gasteiger partial charge on any atom is 0.223 e. The van der Waals surface area contributed by atoms with Crippen LogP contribution in [0.25, 0.3) is 27.9 Å². The van der Waals surface area contributed by atoms with Crippen LogP contribution in [0.2, 0.25) is 5.02 Å². The van der Waals surface area contributed by atoms with Gasteiger partial charge < -0.3 is 9.80 Å². The molecule has 8 heteroatoms. The van der Waals surface area contributed by atoms with Gasteiger partial charge in [0.1, 0.15) is 0 Å². The maximum atomic E-state index is 12.8. The number of carbonyl (C=O) groups is 1. The number of benzene rings is 2. The molecule has 2 aromatic heterocycles. The van der Waals surface area contributed by atoms with E-state index in [1.54, 1.807) is 0 Å². The minimum absolute atomic E-state index is 0.0231. The number of halogens is 1. The molecule has 0 unspecified atom stereocenters. The number of carbonyl (C=O) groups excluding carboxylic acids is 1. The number of fused-ring (bicyclic) bond motifs is 3. The van der Waals surface area contributed by atoms with Gasteiger partial charge in [-0.2, -0.15) is 0 Å². The highest BCUT2D eigenvalue weighted by Gasteiger charge is 2.28. The number of amides is 1. The Bertz CT molecular complexity index is 1380. The predicted octanol–water partition coefficient (Wildman–Crippen LogP) is 4.99. The SMILES string of the molecule is Cc1cccc(-c2nnc3c4ccc(Cl)cc4nc(N4CCN(C(=O)CC(C)(C)C)CC4)n23)c1. The largest absolute Gasteiger partial charge is 0.339 e. The smallest absolute Gasteiger partial charge is 0.223 e. The summed E-state index contributed by atoms with van der Waals surface area (Å²) >= 11 is 6.29. The van der Waals surface area contributed by atoms with Gasteiger partial charge in [0.05, 0.1) is 5.52 Å². The summed E-state index contributed by atoms with van der Waals surface area (Å²) in [5.74, 6) is 1.73. The number of nitrogens with zero attached hydrogens (tertiary/aromatic N) is 6. The molecule has 1 amide bonds. The Labute approximate surface area is 204 Å². The molecule has 1 aliphatic heterocycles.